The highest BCUT2D eigenvalue weighted by atomic mass is 32.2. The molecule has 0 radical (unpaired) electrons. The van der Waals surface area contributed by atoms with Crippen molar-refractivity contribution in [3.8, 4) is 11.1 Å². The lowest BCUT2D eigenvalue weighted by molar-refractivity contribution is 0.116. The van der Waals surface area contributed by atoms with E-state index in [9.17, 15) is 13.3 Å². The van der Waals surface area contributed by atoms with Crippen molar-refractivity contribution < 1.29 is 13.3 Å². The predicted molar refractivity (Wildman–Crippen MR) is 148 cm³/mol. The van der Waals surface area contributed by atoms with Gasteiger partial charge in [-0.1, -0.05) is 27.4 Å². The third-order valence-corrected chi connectivity index (χ3v) is 8.22. The summed E-state index contributed by atoms with van der Waals surface area (Å²) < 4.78 is 42.4. The van der Waals surface area contributed by atoms with Gasteiger partial charge in [0, 0.05) is 39.8 Å². The molecule has 0 bridgehead atoms. The van der Waals surface area contributed by atoms with Crippen LogP contribution in [-0.4, -0.2) is 69.6 Å². The van der Waals surface area contributed by atoms with E-state index in [1.807, 2.05) is 31.2 Å². The number of anilines is 1. The van der Waals surface area contributed by atoms with Gasteiger partial charge in [0.2, 0.25) is 4.90 Å². The van der Waals surface area contributed by atoms with Gasteiger partial charge in [-0.05, 0) is 67.9 Å². The predicted octanol–water partition coefficient (Wildman–Crippen LogP) is 4.79. The first kappa shape index (κ1) is 27.0. The van der Waals surface area contributed by atoms with Gasteiger partial charge in [-0.3, -0.25) is 9.58 Å². The van der Waals surface area contributed by atoms with Crippen molar-refractivity contribution in [1.29, 1.82) is 0 Å². The molecular formula is C26H35F2N5OPS+. The molecule has 0 aliphatic carbocycles. The Morgan fingerprint density at radius 3 is 2.28 bits per heavy atom. The molecule has 3 aromatic rings. The molecule has 1 saturated heterocycles. The number of hydrogen-bond donors (Lipinski definition) is 1. The maximum absolute atomic E-state index is 14.1. The maximum Gasteiger partial charge on any atom is 0.306 e. The minimum absolute atomic E-state index is 0.533. The van der Waals surface area contributed by atoms with Crippen LogP contribution < -0.4 is 4.31 Å². The van der Waals surface area contributed by atoms with Gasteiger partial charge >= 0.3 is 11.4 Å². The fourth-order valence-electron chi connectivity index (χ4n) is 4.55. The minimum Gasteiger partial charge on any atom is -0.304 e. The monoisotopic (exact) mass is 534 g/mol. The Balaban J connectivity index is 1.54. The highest BCUT2D eigenvalue weighted by Crippen LogP contribution is 2.35. The topological polar surface area (TPSA) is 47.8 Å². The molecule has 1 fully saturated rings. The molecule has 194 valence electrons. The largest absolute Gasteiger partial charge is 0.306 e. The van der Waals surface area contributed by atoms with Crippen molar-refractivity contribution in [2.24, 2.45) is 7.05 Å². The third kappa shape index (κ3) is 6.45. The second-order valence-electron chi connectivity index (χ2n) is 9.51. The van der Waals surface area contributed by atoms with Crippen molar-refractivity contribution in [1.82, 2.24) is 19.6 Å². The maximum atomic E-state index is 14.1. The van der Waals surface area contributed by atoms with Crippen molar-refractivity contribution in [2.75, 3.05) is 44.1 Å². The van der Waals surface area contributed by atoms with E-state index in [1.165, 1.54) is 9.87 Å². The summed E-state index contributed by atoms with van der Waals surface area (Å²) in [6, 6.07) is 16.0. The normalized spacial score (nSPS) is 16.3. The lowest BCUT2D eigenvalue weighted by atomic mass is 10.0. The Hall–Kier alpha value is -2.03. The number of nitrogens with zero attached hydrogens (tertiary/aromatic N) is 5. The highest BCUT2D eigenvalue weighted by Gasteiger charge is 2.41. The number of aromatic nitrogens is 2. The van der Waals surface area contributed by atoms with Crippen LogP contribution in [-0.2, 0) is 25.0 Å². The SMILES string of the molecule is Cc1nn(C)c(C)c1N(CC(F)(F)P)[S+](O)c1ccc(-c2cccc(CN3CCN(C)CC3)c2)cc1. The number of likely N-dealkylation sites (N-methyl/N-ethyl adjacent to an activating group) is 1. The van der Waals surface area contributed by atoms with Crippen LogP contribution in [0.3, 0.4) is 0 Å². The van der Waals surface area contributed by atoms with Gasteiger partial charge < -0.3 is 4.90 Å². The Morgan fingerprint density at radius 2 is 1.69 bits per heavy atom. The van der Waals surface area contributed by atoms with Crippen LogP contribution in [0, 0.1) is 13.8 Å². The molecule has 4 rings (SSSR count). The Kier molecular flexibility index (Phi) is 8.37. The summed E-state index contributed by atoms with van der Waals surface area (Å²) in [5.74, 6) is 0. The van der Waals surface area contributed by atoms with Gasteiger partial charge in [-0.2, -0.15) is 9.65 Å². The number of benzene rings is 2. The molecule has 2 aromatic carbocycles. The molecule has 10 heteroatoms. The van der Waals surface area contributed by atoms with Crippen LogP contribution in [0.2, 0.25) is 0 Å². The van der Waals surface area contributed by atoms with Crippen molar-refractivity contribution in [3.63, 3.8) is 0 Å². The average molecular weight is 535 g/mol. The van der Waals surface area contributed by atoms with Gasteiger partial charge in [0.25, 0.3) is 5.66 Å². The second kappa shape index (κ2) is 11.2. The molecule has 1 N–H and O–H groups in total. The molecule has 36 heavy (non-hydrogen) atoms. The van der Waals surface area contributed by atoms with E-state index in [4.69, 9.17) is 0 Å². The summed E-state index contributed by atoms with van der Waals surface area (Å²) in [6.07, 6.45) is 0. The fraction of sp³-hybridized carbons (Fsp3) is 0.423. The van der Waals surface area contributed by atoms with E-state index < -0.39 is 23.6 Å². The molecule has 0 spiro atoms. The first-order chi connectivity index (χ1) is 17.0. The van der Waals surface area contributed by atoms with Gasteiger partial charge in [0.05, 0.1) is 11.4 Å². The molecule has 0 saturated carbocycles. The van der Waals surface area contributed by atoms with Crippen molar-refractivity contribution in [2.45, 2.75) is 31.0 Å². The Morgan fingerprint density at radius 1 is 1.03 bits per heavy atom. The van der Waals surface area contributed by atoms with Crippen LogP contribution in [0.4, 0.5) is 14.5 Å². The second-order valence-corrected chi connectivity index (χ2v) is 11.8. The average Bonchev–Trinajstić information content (AvgIpc) is 3.09. The molecule has 0 amide bonds. The van der Waals surface area contributed by atoms with Gasteiger partial charge in [0.15, 0.2) is 0 Å². The first-order valence-corrected chi connectivity index (χ1v) is 13.7. The smallest absolute Gasteiger partial charge is 0.304 e. The Labute approximate surface area is 217 Å². The van der Waals surface area contributed by atoms with E-state index in [0.717, 1.165) is 49.5 Å². The van der Waals surface area contributed by atoms with Crippen molar-refractivity contribution >= 4 is 26.3 Å². The molecule has 1 aliphatic rings. The molecule has 6 nitrogen and oxygen atoms in total. The number of aryl methyl sites for hydroxylation is 2. The summed E-state index contributed by atoms with van der Waals surface area (Å²) in [7, 11) is 5.50. The first-order valence-electron chi connectivity index (χ1n) is 12.0. The summed E-state index contributed by atoms with van der Waals surface area (Å²) in [5.41, 5.74) is 2.18. The van der Waals surface area contributed by atoms with Crippen LogP contribution in [0.15, 0.2) is 53.4 Å². The number of halogens is 2. The van der Waals surface area contributed by atoms with Gasteiger partial charge in [-0.25, -0.2) is 8.78 Å². The number of rotatable bonds is 8. The highest BCUT2D eigenvalue weighted by molar-refractivity contribution is 7.93. The lowest BCUT2D eigenvalue weighted by Gasteiger charge is -2.32. The zero-order chi connectivity index (χ0) is 26.0. The summed E-state index contributed by atoms with van der Waals surface area (Å²) in [4.78, 5) is 5.39. The minimum atomic E-state index is -3.06. The molecule has 1 aromatic heterocycles. The number of piperazine rings is 1. The molecule has 2 heterocycles. The van der Waals surface area contributed by atoms with E-state index >= 15 is 0 Å². The lowest BCUT2D eigenvalue weighted by Crippen LogP contribution is -2.43. The van der Waals surface area contributed by atoms with Crippen LogP contribution in [0.25, 0.3) is 11.1 Å². The zero-order valence-corrected chi connectivity index (χ0v) is 23.3. The standard InChI is InChI=1S/C26H35F2N5OPS/c1-19-25(20(2)31(4)29-19)33(18-26(27,28)35)36(34)24-10-8-22(9-11-24)23-7-5-6-21(16-23)17-32-14-12-30(3)13-15-32/h5-11,16,34H,12-15,17-18,35H2,1-4H3/q+1. The van der Waals surface area contributed by atoms with E-state index in [2.05, 4.69) is 46.2 Å². The summed E-state index contributed by atoms with van der Waals surface area (Å²) in [6.45, 7) is 8.17. The van der Waals surface area contributed by atoms with E-state index in [-0.39, 0.29) is 0 Å². The molecule has 2 atom stereocenters. The Bertz CT molecular complexity index is 1180. The quantitative estimate of drug-likeness (QED) is 0.333. The van der Waals surface area contributed by atoms with Crippen LogP contribution in [0.5, 0.6) is 0 Å². The van der Waals surface area contributed by atoms with E-state index in [1.54, 1.807) is 27.9 Å². The van der Waals surface area contributed by atoms with Crippen molar-refractivity contribution in [3.05, 3.63) is 65.5 Å². The van der Waals surface area contributed by atoms with Crippen LogP contribution >= 0.6 is 9.24 Å². The molecular weight excluding hydrogens is 499 g/mol. The van der Waals surface area contributed by atoms with Gasteiger partial charge in [0.1, 0.15) is 12.2 Å². The van der Waals surface area contributed by atoms with E-state index in [0.29, 0.717) is 16.3 Å². The fourth-order valence-corrected chi connectivity index (χ4v) is 6.23. The zero-order valence-electron chi connectivity index (χ0n) is 21.3. The number of alkyl halides is 2. The summed E-state index contributed by atoms with van der Waals surface area (Å²) >= 11 is -1.58. The number of hydrogen-bond acceptors (Lipinski definition) is 5. The van der Waals surface area contributed by atoms with Crippen LogP contribution in [0.1, 0.15) is 17.0 Å². The molecule has 1 aliphatic heterocycles. The third-order valence-electron chi connectivity index (χ3n) is 6.61. The summed E-state index contributed by atoms with van der Waals surface area (Å²) in [5, 5.41) is 4.36. The van der Waals surface area contributed by atoms with Gasteiger partial charge in [-0.15, -0.1) is 4.31 Å². The molecule has 2 unspecified atom stereocenters.